The van der Waals surface area contributed by atoms with E-state index in [1.807, 2.05) is 0 Å². The molecule has 0 aromatic heterocycles. The van der Waals surface area contributed by atoms with Crippen molar-refractivity contribution in [2.45, 2.75) is 6.43 Å². The molecule has 0 radical (unpaired) electrons. The first-order valence-corrected chi connectivity index (χ1v) is 2.13. The summed E-state index contributed by atoms with van der Waals surface area (Å²) >= 11 is 0. The van der Waals surface area contributed by atoms with E-state index in [2.05, 4.69) is 5.73 Å². The Morgan fingerprint density at radius 2 is 1.90 bits per heavy atom. The number of nitrogens with two attached hydrogens (primary N) is 1. The van der Waals surface area contributed by atoms with E-state index in [1.165, 1.54) is 0 Å². The molecular weight excluding hydrogens is 151 g/mol. The van der Waals surface area contributed by atoms with Gasteiger partial charge in [0, 0.05) is 0 Å². The summed E-state index contributed by atoms with van der Waals surface area (Å²) < 4.78 is 34.6. The van der Waals surface area contributed by atoms with Gasteiger partial charge in [-0.15, -0.1) is 0 Å². The zero-order chi connectivity index (χ0) is 8.31. The summed E-state index contributed by atoms with van der Waals surface area (Å²) in [6, 6.07) is 0. The van der Waals surface area contributed by atoms with Gasteiger partial charge < -0.3 is 10.8 Å². The summed E-state index contributed by atoms with van der Waals surface area (Å²) in [5, 5.41) is 7.76. The zero-order valence-electron chi connectivity index (χ0n) is 4.64. The number of rotatable bonds is 2. The van der Waals surface area contributed by atoms with Gasteiger partial charge in [-0.3, -0.25) is 0 Å². The summed E-state index contributed by atoms with van der Waals surface area (Å²) in [6.07, 6.45) is -3.27. The molecule has 0 spiro atoms. The lowest BCUT2D eigenvalue weighted by molar-refractivity contribution is -0.134. The summed E-state index contributed by atoms with van der Waals surface area (Å²) in [5.74, 6) is -4.09. The summed E-state index contributed by atoms with van der Waals surface area (Å²) in [7, 11) is 0. The van der Waals surface area contributed by atoms with E-state index in [9.17, 15) is 18.0 Å². The lowest BCUT2D eigenvalue weighted by Gasteiger charge is -1.97. The molecule has 0 unspecified atom stereocenters. The van der Waals surface area contributed by atoms with E-state index in [0.29, 0.717) is 0 Å². The first-order valence-electron chi connectivity index (χ1n) is 2.13. The number of alkyl halides is 2. The largest absolute Gasteiger partial charge is 0.476 e. The van der Waals surface area contributed by atoms with E-state index in [-0.39, 0.29) is 0 Å². The molecule has 0 saturated carbocycles. The fourth-order valence-corrected chi connectivity index (χ4v) is 0.219. The van der Waals surface area contributed by atoms with E-state index in [4.69, 9.17) is 5.11 Å². The van der Waals surface area contributed by atoms with Crippen LogP contribution in [0.4, 0.5) is 13.2 Å². The maximum atomic E-state index is 11.8. The van der Waals surface area contributed by atoms with Crippen LogP contribution >= 0.6 is 0 Å². The van der Waals surface area contributed by atoms with Crippen molar-refractivity contribution in [3.05, 3.63) is 11.5 Å². The average molecular weight is 155 g/mol. The van der Waals surface area contributed by atoms with E-state index in [0.717, 1.165) is 0 Å². The Morgan fingerprint density at radius 3 is 2.00 bits per heavy atom. The van der Waals surface area contributed by atoms with Gasteiger partial charge in [-0.05, 0) is 0 Å². The molecule has 0 amide bonds. The Bertz CT molecular complexity index is 177. The molecule has 0 atom stereocenters. The molecule has 0 aromatic carbocycles. The summed E-state index contributed by atoms with van der Waals surface area (Å²) in [5.41, 5.74) is 2.79. The zero-order valence-corrected chi connectivity index (χ0v) is 4.64. The van der Waals surface area contributed by atoms with Gasteiger partial charge in [0.15, 0.2) is 0 Å². The maximum Gasteiger partial charge on any atom is 0.366 e. The molecule has 0 aromatic rings. The Balaban J connectivity index is 4.50. The van der Waals surface area contributed by atoms with Crippen molar-refractivity contribution in [1.82, 2.24) is 0 Å². The Hall–Kier alpha value is -1.20. The Morgan fingerprint density at radius 1 is 1.50 bits per heavy atom. The minimum absolute atomic E-state index is 1.55. The van der Waals surface area contributed by atoms with Crippen LogP contribution in [0.1, 0.15) is 0 Å². The van der Waals surface area contributed by atoms with Gasteiger partial charge in [0.05, 0.1) is 0 Å². The molecule has 3 nitrogen and oxygen atoms in total. The molecule has 10 heavy (non-hydrogen) atoms. The highest BCUT2D eigenvalue weighted by molar-refractivity contribution is 5.84. The molecule has 0 bridgehead atoms. The van der Waals surface area contributed by atoms with Crippen LogP contribution in [0.25, 0.3) is 0 Å². The van der Waals surface area contributed by atoms with Gasteiger partial charge in [-0.25, -0.2) is 13.6 Å². The first kappa shape index (κ1) is 8.80. The van der Waals surface area contributed by atoms with Gasteiger partial charge in [-0.2, -0.15) is 4.39 Å². The summed E-state index contributed by atoms with van der Waals surface area (Å²) in [4.78, 5) is 9.60. The monoisotopic (exact) mass is 155 g/mol. The van der Waals surface area contributed by atoms with Crippen molar-refractivity contribution in [1.29, 1.82) is 0 Å². The molecule has 58 valence electrons. The standard InChI is InChI=1S/C4H4F3NO2/c5-1(4(9)10)2(8)3(6)7/h3H,8H2,(H,9,10). The SMILES string of the molecule is NC(=C(F)C(=O)O)C(F)F. The molecular formula is C4H4F3NO2. The number of allylic oxidation sites excluding steroid dienone is 1. The van der Waals surface area contributed by atoms with Crippen LogP contribution in [0.3, 0.4) is 0 Å². The molecule has 0 fully saturated rings. The highest BCUT2D eigenvalue weighted by Crippen LogP contribution is 2.09. The minimum Gasteiger partial charge on any atom is -0.476 e. The topological polar surface area (TPSA) is 63.3 Å². The lowest BCUT2D eigenvalue weighted by atomic mass is 10.4. The van der Waals surface area contributed by atoms with Crippen LogP contribution in [-0.4, -0.2) is 17.5 Å². The third kappa shape index (κ3) is 1.96. The highest BCUT2D eigenvalue weighted by atomic mass is 19.3. The van der Waals surface area contributed by atoms with Crippen molar-refractivity contribution < 1.29 is 23.1 Å². The van der Waals surface area contributed by atoms with Crippen molar-refractivity contribution in [3.63, 3.8) is 0 Å². The Kier molecular flexibility index (Phi) is 2.72. The van der Waals surface area contributed by atoms with Crippen molar-refractivity contribution in [2.75, 3.05) is 0 Å². The number of halogens is 3. The average Bonchev–Trinajstić information content (AvgIpc) is 1.84. The van der Waals surface area contributed by atoms with Crippen LogP contribution in [0.5, 0.6) is 0 Å². The van der Waals surface area contributed by atoms with Gasteiger partial charge in [0.25, 0.3) is 6.43 Å². The van der Waals surface area contributed by atoms with Crippen LogP contribution in [0.15, 0.2) is 11.5 Å². The second-order valence-electron chi connectivity index (χ2n) is 1.38. The molecule has 3 N–H and O–H groups in total. The molecule has 0 aliphatic rings. The normalized spacial score (nSPS) is 13.2. The number of aliphatic carboxylic acids is 1. The Labute approximate surface area is 53.9 Å². The maximum absolute atomic E-state index is 11.8. The second kappa shape index (κ2) is 3.09. The van der Waals surface area contributed by atoms with Crippen molar-refractivity contribution in [3.8, 4) is 0 Å². The van der Waals surface area contributed by atoms with Gasteiger partial charge in [-0.1, -0.05) is 0 Å². The highest BCUT2D eigenvalue weighted by Gasteiger charge is 2.18. The van der Waals surface area contributed by atoms with Crippen LogP contribution in [-0.2, 0) is 4.79 Å². The van der Waals surface area contributed by atoms with Crippen molar-refractivity contribution in [2.24, 2.45) is 5.73 Å². The number of carboxylic acids is 1. The molecule has 0 saturated heterocycles. The summed E-state index contributed by atoms with van der Waals surface area (Å²) in [6.45, 7) is 0. The van der Waals surface area contributed by atoms with Crippen LogP contribution in [0.2, 0.25) is 0 Å². The fourth-order valence-electron chi connectivity index (χ4n) is 0.219. The first-order chi connectivity index (χ1) is 4.46. The van der Waals surface area contributed by atoms with Crippen LogP contribution in [0, 0.1) is 0 Å². The van der Waals surface area contributed by atoms with Gasteiger partial charge in [0.2, 0.25) is 5.83 Å². The van der Waals surface area contributed by atoms with Crippen molar-refractivity contribution >= 4 is 5.97 Å². The number of carbonyl (C=O) groups is 1. The third-order valence-corrected chi connectivity index (χ3v) is 0.676. The second-order valence-corrected chi connectivity index (χ2v) is 1.38. The number of carboxylic acid groups (broad SMARTS) is 1. The minimum atomic E-state index is -3.27. The van der Waals surface area contributed by atoms with Crippen LogP contribution < -0.4 is 5.73 Å². The number of hydrogen-bond acceptors (Lipinski definition) is 2. The molecule has 0 rings (SSSR count). The van der Waals surface area contributed by atoms with E-state index < -0.39 is 23.9 Å². The smallest absolute Gasteiger partial charge is 0.366 e. The van der Waals surface area contributed by atoms with Gasteiger partial charge >= 0.3 is 5.97 Å². The lowest BCUT2D eigenvalue weighted by Crippen LogP contribution is -2.13. The third-order valence-electron chi connectivity index (χ3n) is 0.676. The van der Waals surface area contributed by atoms with E-state index >= 15 is 0 Å². The molecule has 0 aliphatic carbocycles. The van der Waals surface area contributed by atoms with E-state index in [1.54, 1.807) is 0 Å². The predicted molar refractivity (Wildman–Crippen MR) is 26.0 cm³/mol. The molecule has 0 aliphatic heterocycles. The fraction of sp³-hybridized carbons (Fsp3) is 0.250. The predicted octanol–water partition coefficient (Wildman–Crippen LogP) is 0.476. The quantitative estimate of drug-likeness (QED) is 0.570. The number of hydrogen-bond donors (Lipinski definition) is 2. The molecule has 6 heteroatoms. The van der Waals surface area contributed by atoms with Gasteiger partial charge in [0.1, 0.15) is 5.70 Å². The molecule has 0 heterocycles.